The van der Waals surface area contributed by atoms with Gasteiger partial charge in [-0.05, 0) is 103 Å². The predicted molar refractivity (Wildman–Crippen MR) is 302 cm³/mol. The van der Waals surface area contributed by atoms with Crippen LogP contribution >= 0.6 is 7.82 Å². The smallest absolute Gasteiger partial charge is 0.462 e. The van der Waals surface area contributed by atoms with Crippen molar-refractivity contribution >= 4 is 19.8 Å². The summed E-state index contributed by atoms with van der Waals surface area (Å²) >= 11 is 0. The Morgan fingerprint density at radius 1 is 0.423 bits per heavy atom. The minimum atomic E-state index is -4.40. The lowest BCUT2D eigenvalue weighted by atomic mass is 10.0. The number of unbranched alkanes of at least 4 members (excludes halogenated alkanes) is 18. The molecule has 0 aromatic heterocycles. The van der Waals surface area contributed by atoms with Gasteiger partial charge in [0.2, 0.25) is 0 Å². The lowest BCUT2D eigenvalue weighted by molar-refractivity contribution is -0.161. The number of phosphoric acid groups is 1. The van der Waals surface area contributed by atoms with E-state index in [0.29, 0.717) is 12.8 Å². The van der Waals surface area contributed by atoms with Gasteiger partial charge in [-0.2, -0.15) is 0 Å². The third kappa shape index (κ3) is 55.6. The molecule has 71 heavy (non-hydrogen) atoms. The van der Waals surface area contributed by atoms with Crippen LogP contribution in [0.3, 0.4) is 0 Å². The van der Waals surface area contributed by atoms with E-state index in [1.54, 1.807) is 0 Å². The van der Waals surface area contributed by atoms with Crippen LogP contribution in [0.15, 0.2) is 122 Å². The van der Waals surface area contributed by atoms with Gasteiger partial charge in [-0.25, -0.2) is 4.57 Å². The fraction of sp³-hybridized carbons (Fsp3) is 0.639. The Hall–Kier alpha value is -3.59. The van der Waals surface area contributed by atoms with E-state index in [1.165, 1.54) is 64.2 Å². The largest absolute Gasteiger partial charge is 0.472 e. The van der Waals surface area contributed by atoms with Crippen molar-refractivity contribution < 1.29 is 37.6 Å². The number of hydrogen-bond acceptors (Lipinski definition) is 8. The van der Waals surface area contributed by atoms with Gasteiger partial charge in [-0.1, -0.05) is 225 Å². The van der Waals surface area contributed by atoms with Crippen LogP contribution in [0.2, 0.25) is 0 Å². The zero-order valence-corrected chi connectivity index (χ0v) is 45.8. The fourth-order valence-corrected chi connectivity index (χ4v) is 8.04. The molecule has 0 radical (unpaired) electrons. The molecule has 0 fully saturated rings. The van der Waals surface area contributed by atoms with Crippen molar-refractivity contribution in [3.05, 3.63) is 122 Å². The molecule has 404 valence electrons. The van der Waals surface area contributed by atoms with Crippen molar-refractivity contribution in [2.24, 2.45) is 5.73 Å². The van der Waals surface area contributed by atoms with Crippen molar-refractivity contribution in [3.8, 4) is 0 Å². The van der Waals surface area contributed by atoms with Gasteiger partial charge in [0.1, 0.15) is 6.61 Å². The van der Waals surface area contributed by atoms with Crippen molar-refractivity contribution in [1.29, 1.82) is 0 Å². The van der Waals surface area contributed by atoms with E-state index in [2.05, 4.69) is 135 Å². The van der Waals surface area contributed by atoms with E-state index in [-0.39, 0.29) is 32.6 Å². The van der Waals surface area contributed by atoms with Crippen LogP contribution in [-0.4, -0.2) is 49.3 Å². The summed E-state index contributed by atoms with van der Waals surface area (Å²) in [5, 5.41) is 0. The molecular formula is C61H102NO8P. The van der Waals surface area contributed by atoms with Crippen LogP contribution in [0, 0.1) is 0 Å². The standard InChI is InChI=1S/C61H102NO8P/c1-3-5-7-9-11-13-15-17-19-21-23-25-26-27-28-29-30-31-32-34-36-38-40-42-44-46-48-50-52-54-61(64)70-59(58-69-71(65,66)68-56-55-62)57-67-60(63)53-51-49-47-45-43-41-39-37-35-33-24-22-20-18-16-14-12-10-8-6-4-2/h5-8,11-14,17-20,23-25,27-28,33,37,39,59H,3-4,9-10,15-16,21-22,26,29-32,34-36,38,40-58,62H2,1-2H3,(H,65,66)/b7-5-,8-6-,13-11-,14-12-,19-17-,20-18-,25-23-,28-27-,33-24-,39-37-. The lowest BCUT2D eigenvalue weighted by Crippen LogP contribution is -2.29. The van der Waals surface area contributed by atoms with E-state index < -0.39 is 32.5 Å². The number of ether oxygens (including phenoxy) is 2. The Balaban J connectivity index is 4.04. The van der Waals surface area contributed by atoms with E-state index in [4.69, 9.17) is 24.3 Å². The second-order valence-electron chi connectivity index (χ2n) is 18.0. The van der Waals surface area contributed by atoms with Gasteiger partial charge in [0.15, 0.2) is 6.10 Å². The highest BCUT2D eigenvalue weighted by molar-refractivity contribution is 7.47. The van der Waals surface area contributed by atoms with Gasteiger partial charge in [-0.15, -0.1) is 0 Å². The fourth-order valence-electron chi connectivity index (χ4n) is 7.28. The highest BCUT2D eigenvalue weighted by atomic mass is 31.2. The Bertz CT molecular complexity index is 1570. The van der Waals surface area contributed by atoms with Crippen LogP contribution < -0.4 is 5.73 Å². The summed E-state index contributed by atoms with van der Waals surface area (Å²) in [7, 11) is -4.40. The first-order chi connectivity index (χ1) is 34.8. The Kier molecular flexibility index (Phi) is 52.9. The van der Waals surface area contributed by atoms with Gasteiger partial charge < -0.3 is 20.1 Å². The number of carbonyl (C=O) groups is 2. The van der Waals surface area contributed by atoms with E-state index in [1.807, 2.05) is 0 Å². The van der Waals surface area contributed by atoms with E-state index in [9.17, 15) is 19.0 Å². The molecule has 0 aromatic rings. The van der Waals surface area contributed by atoms with Crippen LogP contribution in [0.4, 0.5) is 0 Å². The average molecular weight is 1010 g/mol. The third-order valence-corrected chi connectivity index (χ3v) is 12.3. The molecule has 0 heterocycles. The summed E-state index contributed by atoms with van der Waals surface area (Å²) < 4.78 is 33.0. The molecule has 0 spiro atoms. The molecule has 0 amide bonds. The molecular weight excluding hydrogens is 906 g/mol. The molecule has 0 rings (SSSR count). The SMILES string of the molecule is CC/C=C\C/C=C\C/C=C\C/C=C\C/C=C\CCCCCCCCCCCCCCCC(=O)OC(COC(=O)CCCCCCC/C=C\C/C=C\C/C=C\C/C=C\C/C=C\CC)COP(=O)(O)OCCN. The Labute approximate surface area is 434 Å². The second-order valence-corrected chi connectivity index (χ2v) is 19.5. The number of esters is 2. The number of phosphoric ester groups is 1. The topological polar surface area (TPSA) is 134 Å². The molecule has 2 atom stereocenters. The van der Waals surface area contributed by atoms with Gasteiger partial charge in [0.05, 0.1) is 13.2 Å². The molecule has 2 unspecified atom stereocenters. The number of allylic oxidation sites excluding steroid dienone is 20. The molecule has 0 aliphatic heterocycles. The summed E-state index contributed by atoms with van der Waals surface area (Å²) in [5.41, 5.74) is 5.38. The van der Waals surface area contributed by atoms with Gasteiger partial charge in [-0.3, -0.25) is 18.6 Å². The lowest BCUT2D eigenvalue weighted by Gasteiger charge is -2.19. The maximum Gasteiger partial charge on any atom is 0.472 e. The first kappa shape index (κ1) is 67.4. The van der Waals surface area contributed by atoms with Gasteiger partial charge in [0.25, 0.3) is 0 Å². The van der Waals surface area contributed by atoms with Crippen molar-refractivity contribution in [2.45, 2.75) is 225 Å². The zero-order valence-electron chi connectivity index (χ0n) is 44.9. The van der Waals surface area contributed by atoms with Crippen molar-refractivity contribution in [2.75, 3.05) is 26.4 Å². The van der Waals surface area contributed by atoms with E-state index in [0.717, 1.165) is 116 Å². The monoisotopic (exact) mass is 1010 g/mol. The Morgan fingerprint density at radius 3 is 1.08 bits per heavy atom. The number of rotatable bonds is 51. The van der Waals surface area contributed by atoms with Gasteiger partial charge in [0, 0.05) is 19.4 Å². The zero-order chi connectivity index (χ0) is 51.7. The highest BCUT2D eigenvalue weighted by Gasteiger charge is 2.26. The number of carbonyl (C=O) groups excluding carboxylic acids is 2. The predicted octanol–water partition coefficient (Wildman–Crippen LogP) is 17.6. The van der Waals surface area contributed by atoms with Crippen LogP contribution in [0.1, 0.15) is 219 Å². The molecule has 9 nitrogen and oxygen atoms in total. The van der Waals surface area contributed by atoms with E-state index >= 15 is 0 Å². The average Bonchev–Trinajstić information content (AvgIpc) is 3.36. The summed E-state index contributed by atoms with van der Waals surface area (Å²) in [6, 6.07) is 0. The quantitative estimate of drug-likeness (QED) is 0.0264. The second kappa shape index (κ2) is 55.7. The maximum absolute atomic E-state index is 12.7. The molecule has 0 bridgehead atoms. The summed E-state index contributed by atoms with van der Waals surface area (Å²) in [5.74, 6) is -0.857. The molecule has 0 saturated heterocycles. The van der Waals surface area contributed by atoms with Crippen LogP contribution in [0.25, 0.3) is 0 Å². The molecule has 0 aliphatic rings. The summed E-state index contributed by atoms with van der Waals surface area (Å²) in [6.07, 6.45) is 76.7. The third-order valence-electron chi connectivity index (χ3n) is 11.3. The minimum Gasteiger partial charge on any atom is -0.462 e. The van der Waals surface area contributed by atoms with Crippen molar-refractivity contribution in [3.63, 3.8) is 0 Å². The summed E-state index contributed by atoms with van der Waals surface area (Å²) in [4.78, 5) is 35.2. The van der Waals surface area contributed by atoms with Crippen LogP contribution in [-0.2, 0) is 32.7 Å². The van der Waals surface area contributed by atoms with Crippen molar-refractivity contribution in [1.82, 2.24) is 0 Å². The van der Waals surface area contributed by atoms with Gasteiger partial charge >= 0.3 is 19.8 Å². The normalized spacial score (nSPS) is 14.0. The molecule has 3 N–H and O–H groups in total. The highest BCUT2D eigenvalue weighted by Crippen LogP contribution is 2.43. The number of hydrogen-bond donors (Lipinski definition) is 2. The first-order valence-electron chi connectivity index (χ1n) is 28.0. The molecule has 10 heteroatoms. The first-order valence-corrected chi connectivity index (χ1v) is 29.5. The molecule has 0 saturated carbocycles. The molecule has 0 aliphatic carbocycles. The maximum atomic E-state index is 12.7. The summed E-state index contributed by atoms with van der Waals surface area (Å²) in [6.45, 7) is 3.48. The minimum absolute atomic E-state index is 0.0442. The Morgan fingerprint density at radius 2 is 0.732 bits per heavy atom. The molecule has 0 aromatic carbocycles. The number of nitrogens with two attached hydrogens (primary N) is 1. The van der Waals surface area contributed by atoms with Crippen LogP contribution in [0.5, 0.6) is 0 Å².